The lowest BCUT2D eigenvalue weighted by molar-refractivity contribution is 0.140. The molecular formula is C16H33NOS. The Bertz CT molecular complexity index is 290. The van der Waals surface area contributed by atoms with Gasteiger partial charge in [0.15, 0.2) is 0 Å². The fraction of sp³-hybridized carbons (Fsp3) is 1.00. The predicted molar refractivity (Wildman–Crippen MR) is 86.0 cm³/mol. The fourth-order valence-electron chi connectivity index (χ4n) is 3.27. The number of hydrogen-bond acceptors (Lipinski definition) is 2. The highest BCUT2D eigenvalue weighted by molar-refractivity contribution is 7.85. The Morgan fingerprint density at radius 3 is 2.42 bits per heavy atom. The quantitative estimate of drug-likeness (QED) is 0.773. The fourth-order valence-corrected chi connectivity index (χ4v) is 5.02. The van der Waals surface area contributed by atoms with Crippen LogP contribution in [0.4, 0.5) is 0 Å². The van der Waals surface area contributed by atoms with Crippen molar-refractivity contribution < 1.29 is 4.21 Å². The molecule has 1 aliphatic carbocycles. The molecule has 1 fully saturated rings. The Kier molecular flexibility index (Phi) is 7.02. The summed E-state index contributed by atoms with van der Waals surface area (Å²) in [6, 6.07) is 0.473. The van der Waals surface area contributed by atoms with Gasteiger partial charge in [0.1, 0.15) is 0 Å². The van der Waals surface area contributed by atoms with Crippen molar-refractivity contribution >= 4 is 10.8 Å². The van der Waals surface area contributed by atoms with E-state index in [1.165, 1.54) is 19.3 Å². The van der Waals surface area contributed by atoms with E-state index >= 15 is 0 Å². The Morgan fingerprint density at radius 1 is 1.21 bits per heavy atom. The van der Waals surface area contributed by atoms with Gasteiger partial charge in [0.25, 0.3) is 0 Å². The van der Waals surface area contributed by atoms with Gasteiger partial charge in [0.2, 0.25) is 0 Å². The Balaban J connectivity index is 2.76. The molecule has 1 rings (SSSR count). The highest BCUT2D eigenvalue weighted by atomic mass is 32.2. The Morgan fingerprint density at radius 2 is 1.89 bits per heavy atom. The molecule has 0 aromatic rings. The molecule has 0 radical (unpaired) electrons. The van der Waals surface area contributed by atoms with Crippen molar-refractivity contribution in [2.24, 2.45) is 11.3 Å². The summed E-state index contributed by atoms with van der Waals surface area (Å²) in [4.78, 5) is 0. The standard InChI is InChI=1S/C16H33NOS/c1-6-11-19(18)15-12-13(16(4,5)7-2)9-10-14(15)17-8-3/h13-15,17H,6-12H2,1-5H3. The van der Waals surface area contributed by atoms with Crippen LogP contribution < -0.4 is 5.32 Å². The number of hydrogen-bond donors (Lipinski definition) is 1. The SMILES string of the molecule is CCCS(=O)C1CC(C(C)(C)CC)CCC1NCC. The summed E-state index contributed by atoms with van der Waals surface area (Å²) in [7, 11) is -0.658. The third kappa shape index (κ3) is 4.56. The first-order valence-electron chi connectivity index (χ1n) is 8.06. The lowest BCUT2D eigenvalue weighted by Gasteiger charge is -2.43. The molecule has 1 N–H and O–H groups in total. The molecule has 3 heteroatoms. The van der Waals surface area contributed by atoms with Crippen LogP contribution in [-0.4, -0.2) is 27.8 Å². The molecule has 2 nitrogen and oxygen atoms in total. The van der Waals surface area contributed by atoms with Crippen LogP contribution >= 0.6 is 0 Å². The van der Waals surface area contributed by atoms with E-state index in [9.17, 15) is 4.21 Å². The zero-order chi connectivity index (χ0) is 14.5. The third-order valence-corrected chi connectivity index (χ3v) is 7.02. The third-order valence-electron chi connectivity index (χ3n) is 5.02. The summed E-state index contributed by atoms with van der Waals surface area (Å²) < 4.78 is 12.5. The minimum atomic E-state index is -0.658. The molecule has 0 saturated heterocycles. The molecule has 4 atom stereocenters. The zero-order valence-electron chi connectivity index (χ0n) is 13.5. The van der Waals surface area contributed by atoms with Gasteiger partial charge in [-0.3, -0.25) is 4.21 Å². The molecule has 4 unspecified atom stereocenters. The van der Waals surface area contributed by atoms with Crippen LogP contribution in [0.2, 0.25) is 0 Å². The lowest BCUT2D eigenvalue weighted by Crippen LogP contribution is -2.48. The molecule has 0 amide bonds. The smallest absolute Gasteiger partial charge is 0.0504 e. The monoisotopic (exact) mass is 287 g/mol. The minimum Gasteiger partial charge on any atom is -0.313 e. The van der Waals surface area contributed by atoms with Crippen molar-refractivity contribution in [1.29, 1.82) is 0 Å². The van der Waals surface area contributed by atoms with E-state index in [0.717, 1.165) is 31.1 Å². The van der Waals surface area contributed by atoms with E-state index in [4.69, 9.17) is 0 Å². The summed E-state index contributed by atoms with van der Waals surface area (Å²) >= 11 is 0. The van der Waals surface area contributed by atoms with Gasteiger partial charge in [0, 0.05) is 22.6 Å². The maximum atomic E-state index is 12.5. The van der Waals surface area contributed by atoms with Gasteiger partial charge in [-0.05, 0) is 43.6 Å². The summed E-state index contributed by atoms with van der Waals surface area (Å²) in [6.45, 7) is 12.3. The van der Waals surface area contributed by atoms with Crippen molar-refractivity contribution in [3.05, 3.63) is 0 Å². The average Bonchev–Trinajstić information content (AvgIpc) is 2.39. The van der Waals surface area contributed by atoms with Gasteiger partial charge in [-0.2, -0.15) is 0 Å². The first kappa shape index (κ1) is 17.2. The maximum Gasteiger partial charge on any atom is 0.0504 e. The minimum absolute atomic E-state index is 0.365. The first-order chi connectivity index (χ1) is 8.96. The van der Waals surface area contributed by atoms with Crippen LogP contribution in [0.1, 0.15) is 66.7 Å². The topological polar surface area (TPSA) is 29.1 Å². The molecule has 0 spiro atoms. The molecule has 0 aromatic heterocycles. The second-order valence-corrected chi connectivity index (χ2v) is 8.41. The normalized spacial score (nSPS) is 30.3. The molecule has 0 heterocycles. The van der Waals surface area contributed by atoms with E-state index in [2.05, 4.69) is 39.9 Å². The van der Waals surface area contributed by atoms with Crippen molar-refractivity contribution in [2.45, 2.75) is 78.0 Å². The Labute approximate surface area is 122 Å². The van der Waals surface area contributed by atoms with Gasteiger partial charge in [-0.25, -0.2) is 0 Å². The van der Waals surface area contributed by atoms with Gasteiger partial charge in [-0.1, -0.05) is 41.0 Å². The van der Waals surface area contributed by atoms with E-state index in [0.29, 0.717) is 16.7 Å². The van der Waals surface area contributed by atoms with Crippen LogP contribution in [0.25, 0.3) is 0 Å². The molecule has 0 aliphatic heterocycles. The van der Waals surface area contributed by atoms with Crippen LogP contribution in [0.5, 0.6) is 0 Å². The predicted octanol–water partition coefficient (Wildman–Crippen LogP) is 3.73. The van der Waals surface area contributed by atoms with Crippen LogP contribution in [0.3, 0.4) is 0 Å². The summed E-state index contributed by atoms with van der Waals surface area (Å²) in [5.41, 5.74) is 0.395. The zero-order valence-corrected chi connectivity index (χ0v) is 14.3. The Hall–Kier alpha value is 0.110. The first-order valence-corrected chi connectivity index (χ1v) is 9.45. The number of nitrogens with one attached hydrogen (secondary N) is 1. The van der Waals surface area contributed by atoms with Gasteiger partial charge >= 0.3 is 0 Å². The van der Waals surface area contributed by atoms with Crippen molar-refractivity contribution in [1.82, 2.24) is 5.32 Å². The summed E-state index contributed by atoms with van der Waals surface area (Å²) in [5.74, 6) is 1.60. The average molecular weight is 288 g/mol. The van der Waals surface area contributed by atoms with Crippen LogP contribution in [0.15, 0.2) is 0 Å². The highest BCUT2D eigenvalue weighted by Crippen LogP contribution is 2.41. The number of rotatable bonds is 7. The van der Waals surface area contributed by atoms with Crippen molar-refractivity contribution in [2.75, 3.05) is 12.3 Å². The van der Waals surface area contributed by atoms with Crippen molar-refractivity contribution in [3.8, 4) is 0 Å². The molecular weight excluding hydrogens is 254 g/mol. The van der Waals surface area contributed by atoms with E-state index in [1.807, 2.05) is 0 Å². The van der Waals surface area contributed by atoms with Gasteiger partial charge < -0.3 is 5.32 Å². The van der Waals surface area contributed by atoms with Crippen LogP contribution in [0, 0.1) is 11.3 Å². The van der Waals surface area contributed by atoms with Gasteiger partial charge in [0.05, 0.1) is 5.25 Å². The van der Waals surface area contributed by atoms with E-state index in [-0.39, 0.29) is 0 Å². The van der Waals surface area contributed by atoms with Crippen LogP contribution in [-0.2, 0) is 10.8 Å². The van der Waals surface area contributed by atoms with Crippen molar-refractivity contribution in [3.63, 3.8) is 0 Å². The molecule has 114 valence electrons. The lowest BCUT2D eigenvalue weighted by atomic mass is 9.68. The molecule has 1 aliphatic rings. The highest BCUT2D eigenvalue weighted by Gasteiger charge is 2.39. The molecule has 1 saturated carbocycles. The maximum absolute atomic E-state index is 12.5. The van der Waals surface area contributed by atoms with E-state index < -0.39 is 10.8 Å². The summed E-state index contributed by atoms with van der Waals surface area (Å²) in [5, 5.41) is 3.94. The summed E-state index contributed by atoms with van der Waals surface area (Å²) in [6.07, 6.45) is 5.88. The largest absolute Gasteiger partial charge is 0.313 e. The molecule has 0 aromatic carbocycles. The second kappa shape index (κ2) is 7.78. The van der Waals surface area contributed by atoms with Gasteiger partial charge in [-0.15, -0.1) is 0 Å². The molecule has 0 bridgehead atoms. The second-order valence-electron chi connectivity index (χ2n) is 6.64. The molecule has 19 heavy (non-hydrogen) atoms. The van der Waals surface area contributed by atoms with E-state index in [1.54, 1.807) is 0 Å².